The van der Waals surface area contributed by atoms with Crippen molar-refractivity contribution in [2.24, 2.45) is 5.92 Å². The molecule has 0 radical (unpaired) electrons. The smallest absolute Gasteiger partial charge is 0.309 e. The Labute approximate surface area is 116 Å². The van der Waals surface area contributed by atoms with Crippen molar-refractivity contribution < 1.29 is 18.1 Å². The summed E-state index contributed by atoms with van der Waals surface area (Å²) >= 11 is 3.07. The fourth-order valence-electron chi connectivity index (χ4n) is 1.42. The van der Waals surface area contributed by atoms with Crippen molar-refractivity contribution in [3.8, 4) is 0 Å². The molecule has 3 nitrogen and oxygen atoms in total. The first kappa shape index (κ1) is 15.3. The van der Waals surface area contributed by atoms with Crippen molar-refractivity contribution in [2.45, 2.75) is 12.7 Å². The van der Waals surface area contributed by atoms with Gasteiger partial charge in [0.25, 0.3) is 0 Å². The Hall–Kier alpha value is -0.750. The van der Waals surface area contributed by atoms with Crippen molar-refractivity contribution in [1.29, 1.82) is 0 Å². The van der Waals surface area contributed by atoms with E-state index in [0.717, 1.165) is 5.56 Å². The molecule has 100 valence electrons. The molecule has 0 heterocycles. The number of carbonyl (C=O) groups is 1. The predicted molar refractivity (Wildman–Crippen MR) is 72.0 cm³/mol. The van der Waals surface area contributed by atoms with Crippen LogP contribution in [0.15, 0.2) is 22.7 Å². The Morgan fingerprint density at radius 3 is 2.78 bits per heavy atom. The van der Waals surface area contributed by atoms with E-state index in [4.69, 9.17) is 0 Å². The van der Waals surface area contributed by atoms with Gasteiger partial charge in [-0.1, -0.05) is 13.0 Å². The van der Waals surface area contributed by atoms with Gasteiger partial charge in [0.2, 0.25) is 0 Å². The SMILES string of the molecule is COC(=O)C(C)CS(=O)Cc1ccc(F)c(Br)c1. The van der Waals surface area contributed by atoms with Gasteiger partial charge in [-0.15, -0.1) is 0 Å². The molecular weight excluding hydrogens is 323 g/mol. The zero-order chi connectivity index (χ0) is 13.7. The van der Waals surface area contributed by atoms with Crippen LogP contribution in [0.1, 0.15) is 12.5 Å². The zero-order valence-corrected chi connectivity index (χ0v) is 12.5. The van der Waals surface area contributed by atoms with E-state index in [1.807, 2.05) is 0 Å². The highest BCUT2D eigenvalue weighted by atomic mass is 79.9. The number of halogens is 2. The Bertz CT molecular complexity index is 465. The van der Waals surface area contributed by atoms with E-state index in [-0.39, 0.29) is 17.5 Å². The molecule has 6 heteroatoms. The molecule has 0 amide bonds. The number of hydrogen-bond acceptors (Lipinski definition) is 3. The summed E-state index contributed by atoms with van der Waals surface area (Å²) in [5.41, 5.74) is 0.763. The molecule has 1 aromatic rings. The lowest BCUT2D eigenvalue weighted by Crippen LogP contribution is -2.20. The Morgan fingerprint density at radius 2 is 2.22 bits per heavy atom. The number of methoxy groups -OCH3 is 1. The van der Waals surface area contributed by atoms with Crippen LogP contribution < -0.4 is 0 Å². The second kappa shape index (κ2) is 6.99. The summed E-state index contributed by atoms with van der Waals surface area (Å²) in [5.74, 6) is -0.599. The summed E-state index contributed by atoms with van der Waals surface area (Å²) in [6.07, 6.45) is 0. The molecule has 0 aliphatic rings. The highest BCUT2D eigenvalue weighted by Crippen LogP contribution is 2.18. The van der Waals surface area contributed by atoms with E-state index in [0.29, 0.717) is 10.2 Å². The highest BCUT2D eigenvalue weighted by Gasteiger charge is 2.16. The minimum Gasteiger partial charge on any atom is -0.469 e. The Morgan fingerprint density at radius 1 is 1.56 bits per heavy atom. The number of benzene rings is 1. The van der Waals surface area contributed by atoms with Gasteiger partial charge in [0, 0.05) is 22.3 Å². The van der Waals surface area contributed by atoms with Gasteiger partial charge in [-0.2, -0.15) is 0 Å². The monoisotopic (exact) mass is 336 g/mol. The first-order valence-corrected chi connectivity index (χ1v) is 7.59. The number of carbonyl (C=O) groups excluding carboxylic acids is 1. The third-order valence-electron chi connectivity index (χ3n) is 2.35. The molecule has 0 N–H and O–H groups in total. The van der Waals surface area contributed by atoms with Gasteiger partial charge < -0.3 is 4.74 Å². The standard InChI is InChI=1S/C12H14BrFO3S/c1-8(12(15)17-2)6-18(16)7-9-3-4-11(14)10(13)5-9/h3-5,8H,6-7H2,1-2H3. The molecule has 0 saturated carbocycles. The minimum atomic E-state index is -1.18. The molecule has 0 aliphatic heterocycles. The fourth-order valence-corrected chi connectivity index (χ4v) is 3.21. The van der Waals surface area contributed by atoms with Gasteiger partial charge in [-0.25, -0.2) is 4.39 Å². The second-order valence-electron chi connectivity index (χ2n) is 3.92. The summed E-state index contributed by atoms with van der Waals surface area (Å²) in [6.45, 7) is 1.67. The molecule has 18 heavy (non-hydrogen) atoms. The van der Waals surface area contributed by atoms with Crippen LogP contribution in [0.4, 0.5) is 4.39 Å². The molecule has 2 atom stereocenters. The average Bonchev–Trinajstić information content (AvgIpc) is 2.32. The van der Waals surface area contributed by atoms with Crippen molar-refractivity contribution >= 4 is 32.7 Å². The number of ether oxygens (including phenoxy) is 1. The second-order valence-corrected chi connectivity index (χ2v) is 6.28. The molecule has 0 spiro atoms. The largest absolute Gasteiger partial charge is 0.469 e. The topological polar surface area (TPSA) is 43.4 Å². The molecular formula is C12H14BrFO3S. The summed E-state index contributed by atoms with van der Waals surface area (Å²) < 4.78 is 29.8. The van der Waals surface area contributed by atoms with Crippen molar-refractivity contribution in [2.75, 3.05) is 12.9 Å². The molecule has 0 fully saturated rings. The average molecular weight is 337 g/mol. The van der Waals surface area contributed by atoms with Crippen molar-refractivity contribution in [3.05, 3.63) is 34.1 Å². The summed E-state index contributed by atoms with van der Waals surface area (Å²) in [7, 11) is 0.122. The Kier molecular flexibility index (Phi) is 5.95. The maximum atomic E-state index is 13.0. The number of rotatable bonds is 5. The van der Waals surface area contributed by atoms with E-state index >= 15 is 0 Å². The van der Waals surface area contributed by atoms with Crippen LogP contribution in [-0.2, 0) is 26.1 Å². The van der Waals surface area contributed by atoms with Crippen LogP contribution in [0.2, 0.25) is 0 Å². The molecule has 0 aliphatic carbocycles. The van der Waals surface area contributed by atoms with E-state index in [1.165, 1.54) is 13.2 Å². The molecule has 2 unspecified atom stereocenters. The van der Waals surface area contributed by atoms with Crippen LogP contribution in [0.25, 0.3) is 0 Å². The Balaban J connectivity index is 2.59. The predicted octanol–water partition coefficient (Wildman–Crippen LogP) is 2.65. The molecule has 1 rings (SSSR count). The molecule has 0 aromatic heterocycles. The van der Waals surface area contributed by atoms with Crippen LogP contribution in [0.3, 0.4) is 0 Å². The third kappa shape index (κ3) is 4.49. The summed E-state index contributed by atoms with van der Waals surface area (Å²) in [4.78, 5) is 11.2. The van der Waals surface area contributed by atoms with Crippen LogP contribution in [0.5, 0.6) is 0 Å². The lowest BCUT2D eigenvalue weighted by Gasteiger charge is -2.09. The normalized spacial score (nSPS) is 14.0. The highest BCUT2D eigenvalue weighted by molar-refractivity contribution is 9.10. The molecule has 0 saturated heterocycles. The van der Waals surface area contributed by atoms with Gasteiger partial charge in [-0.05, 0) is 33.6 Å². The van der Waals surface area contributed by atoms with Gasteiger partial charge in [-0.3, -0.25) is 9.00 Å². The summed E-state index contributed by atoms with van der Waals surface area (Å²) in [5, 5.41) is 0. The van der Waals surface area contributed by atoms with E-state index in [2.05, 4.69) is 20.7 Å². The van der Waals surface area contributed by atoms with Gasteiger partial charge >= 0.3 is 5.97 Å². The van der Waals surface area contributed by atoms with Crippen LogP contribution in [-0.4, -0.2) is 23.0 Å². The first-order chi connectivity index (χ1) is 8.43. The quantitative estimate of drug-likeness (QED) is 0.776. The molecule has 0 bridgehead atoms. The van der Waals surface area contributed by atoms with E-state index in [1.54, 1.807) is 19.1 Å². The first-order valence-electron chi connectivity index (χ1n) is 5.30. The van der Waals surface area contributed by atoms with Crippen LogP contribution in [0, 0.1) is 11.7 Å². The van der Waals surface area contributed by atoms with Crippen molar-refractivity contribution in [3.63, 3.8) is 0 Å². The number of esters is 1. The van der Waals surface area contributed by atoms with Gasteiger partial charge in [0.05, 0.1) is 17.5 Å². The van der Waals surface area contributed by atoms with Crippen molar-refractivity contribution in [1.82, 2.24) is 0 Å². The third-order valence-corrected chi connectivity index (χ3v) is 4.49. The van der Waals surface area contributed by atoms with E-state index < -0.39 is 16.7 Å². The fraction of sp³-hybridized carbons (Fsp3) is 0.417. The van der Waals surface area contributed by atoms with Gasteiger partial charge in [0.1, 0.15) is 5.82 Å². The molecule has 1 aromatic carbocycles. The van der Waals surface area contributed by atoms with Crippen LogP contribution >= 0.6 is 15.9 Å². The van der Waals surface area contributed by atoms with Gasteiger partial charge in [0.15, 0.2) is 0 Å². The maximum Gasteiger partial charge on any atom is 0.309 e. The summed E-state index contributed by atoms with van der Waals surface area (Å²) in [6, 6.07) is 4.50. The lowest BCUT2D eigenvalue weighted by molar-refractivity contribution is -0.144. The van der Waals surface area contributed by atoms with E-state index in [9.17, 15) is 13.4 Å². The maximum absolute atomic E-state index is 13.0. The number of hydrogen-bond donors (Lipinski definition) is 0. The lowest BCUT2D eigenvalue weighted by atomic mass is 10.2. The zero-order valence-electron chi connectivity index (χ0n) is 10.1. The minimum absolute atomic E-state index is 0.238.